The Morgan fingerprint density at radius 3 is 1.50 bits per heavy atom. The zero-order valence-corrected chi connectivity index (χ0v) is 8.45. The number of nitrogens with two attached hydrogens (primary N) is 2. The first-order valence-corrected chi connectivity index (χ1v) is 5.39. The second-order valence-electron chi connectivity index (χ2n) is 4.99. The van der Waals surface area contributed by atoms with Crippen LogP contribution in [0, 0.1) is 11.8 Å². The third-order valence-corrected chi connectivity index (χ3v) is 4.29. The maximum Gasteiger partial charge on any atom is 0.0802 e. The van der Waals surface area contributed by atoms with Crippen LogP contribution >= 0.6 is 0 Å². The minimum Gasteiger partial charge on any atom is -0.388 e. The molecule has 6 N–H and O–H groups in total. The third-order valence-electron chi connectivity index (χ3n) is 4.29. The van der Waals surface area contributed by atoms with Crippen molar-refractivity contribution in [2.75, 3.05) is 13.1 Å². The van der Waals surface area contributed by atoms with Crippen molar-refractivity contribution in [2.24, 2.45) is 23.3 Å². The average Bonchev–Trinajstić information content (AvgIpc) is 2.20. The van der Waals surface area contributed by atoms with E-state index < -0.39 is 11.2 Å². The van der Waals surface area contributed by atoms with Crippen molar-refractivity contribution in [3.05, 3.63) is 0 Å². The van der Waals surface area contributed by atoms with Crippen LogP contribution in [-0.2, 0) is 0 Å². The van der Waals surface area contributed by atoms with Crippen LogP contribution < -0.4 is 11.5 Å². The number of rotatable bonds is 2. The molecule has 3 saturated carbocycles. The van der Waals surface area contributed by atoms with Gasteiger partial charge in [-0.05, 0) is 37.5 Å². The molecule has 2 bridgehead atoms. The van der Waals surface area contributed by atoms with E-state index in [1.54, 1.807) is 0 Å². The Hall–Kier alpha value is -0.160. The van der Waals surface area contributed by atoms with Gasteiger partial charge in [0.2, 0.25) is 0 Å². The van der Waals surface area contributed by atoms with Gasteiger partial charge >= 0.3 is 0 Å². The summed E-state index contributed by atoms with van der Waals surface area (Å²) in [5, 5.41) is 20.4. The molecule has 3 fully saturated rings. The summed E-state index contributed by atoms with van der Waals surface area (Å²) in [5.41, 5.74) is 9.69. The molecule has 4 atom stereocenters. The lowest BCUT2D eigenvalue weighted by atomic mass is 9.55. The van der Waals surface area contributed by atoms with Crippen LogP contribution in [0.1, 0.15) is 25.7 Å². The highest BCUT2D eigenvalue weighted by atomic mass is 16.3. The Balaban J connectivity index is 2.20. The SMILES string of the molecule is NCC1(O)CC2CCC1CC2(O)CN. The fraction of sp³-hybridized carbons (Fsp3) is 1.00. The predicted octanol–water partition coefficient (Wildman–Crippen LogP) is -0.814. The number of hydrogen-bond acceptors (Lipinski definition) is 4. The number of fused-ring (bicyclic) bond motifs is 3. The van der Waals surface area contributed by atoms with E-state index in [1.165, 1.54) is 0 Å². The van der Waals surface area contributed by atoms with Gasteiger partial charge in [0.15, 0.2) is 0 Å². The van der Waals surface area contributed by atoms with Crippen LogP contribution in [0.4, 0.5) is 0 Å². The molecule has 0 spiro atoms. The van der Waals surface area contributed by atoms with E-state index >= 15 is 0 Å². The molecular weight excluding hydrogens is 180 g/mol. The molecule has 0 radical (unpaired) electrons. The highest BCUT2D eigenvalue weighted by molar-refractivity contribution is 5.08. The summed E-state index contributed by atoms with van der Waals surface area (Å²) in [6.07, 6.45) is 3.17. The van der Waals surface area contributed by atoms with Crippen molar-refractivity contribution >= 4 is 0 Å². The molecule has 4 nitrogen and oxygen atoms in total. The first kappa shape index (κ1) is 10.4. The fourth-order valence-electron chi connectivity index (χ4n) is 3.21. The van der Waals surface area contributed by atoms with E-state index in [0.29, 0.717) is 25.9 Å². The highest BCUT2D eigenvalue weighted by Gasteiger charge is 2.55. The molecule has 0 aliphatic heterocycles. The summed E-state index contributed by atoms with van der Waals surface area (Å²) >= 11 is 0. The van der Waals surface area contributed by atoms with Crippen molar-refractivity contribution in [2.45, 2.75) is 36.9 Å². The van der Waals surface area contributed by atoms with E-state index in [-0.39, 0.29) is 11.8 Å². The van der Waals surface area contributed by atoms with Gasteiger partial charge < -0.3 is 21.7 Å². The van der Waals surface area contributed by atoms with E-state index in [2.05, 4.69) is 0 Å². The molecule has 3 rings (SSSR count). The molecule has 3 aliphatic carbocycles. The summed E-state index contributed by atoms with van der Waals surface area (Å²) in [5.74, 6) is 0.261. The molecule has 0 amide bonds. The normalized spacial score (nSPS) is 52.3. The van der Waals surface area contributed by atoms with Crippen LogP contribution in [-0.4, -0.2) is 34.5 Å². The third kappa shape index (κ3) is 1.29. The second-order valence-corrected chi connectivity index (χ2v) is 4.99. The summed E-state index contributed by atoms with van der Waals surface area (Å²) in [6.45, 7) is 0.601. The maximum absolute atomic E-state index is 10.2. The van der Waals surface area contributed by atoms with Gasteiger partial charge in [-0.3, -0.25) is 0 Å². The first-order chi connectivity index (χ1) is 6.54. The van der Waals surface area contributed by atoms with Crippen LogP contribution in [0.3, 0.4) is 0 Å². The lowest BCUT2D eigenvalue weighted by Gasteiger charge is -2.55. The molecule has 82 valence electrons. The van der Waals surface area contributed by atoms with Crippen LogP contribution in [0.5, 0.6) is 0 Å². The van der Waals surface area contributed by atoms with Gasteiger partial charge in [0.25, 0.3) is 0 Å². The lowest BCUT2D eigenvalue weighted by Crippen LogP contribution is -2.63. The topological polar surface area (TPSA) is 92.5 Å². The summed E-state index contributed by atoms with van der Waals surface area (Å²) in [4.78, 5) is 0. The standard InChI is InChI=1S/C10H20N2O2/c11-5-9(13)4-8-2-1-7(9)3-10(8,14)6-12/h7-8,13-14H,1-6,11-12H2. The molecule has 0 aromatic heterocycles. The minimum atomic E-state index is -0.746. The maximum atomic E-state index is 10.2. The Morgan fingerprint density at radius 2 is 1.29 bits per heavy atom. The first-order valence-electron chi connectivity index (χ1n) is 5.39. The van der Waals surface area contributed by atoms with Crippen molar-refractivity contribution in [3.63, 3.8) is 0 Å². The van der Waals surface area contributed by atoms with Crippen LogP contribution in [0.25, 0.3) is 0 Å². The Bertz CT molecular complexity index is 212. The molecule has 0 heterocycles. The Morgan fingerprint density at radius 1 is 0.929 bits per heavy atom. The smallest absolute Gasteiger partial charge is 0.0802 e. The van der Waals surface area contributed by atoms with Crippen LogP contribution in [0.15, 0.2) is 0 Å². The van der Waals surface area contributed by atoms with Crippen LogP contribution in [0.2, 0.25) is 0 Å². The summed E-state index contributed by atoms with van der Waals surface area (Å²) < 4.78 is 0. The van der Waals surface area contributed by atoms with Gasteiger partial charge in [-0.15, -0.1) is 0 Å². The summed E-state index contributed by atoms with van der Waals surface area (Å²) in [6, 6.07) is 0. The Kier molecular flexibility index (Phi) is 2.34. The van der Waals surface area contributed by atoms with E-state index in [0.717, 1.165) is 12.8 Å². The second kappa shape index (κ2) is 3.17. The quantitative estimate of drug-likeness (QED) is 0.469. The highest BCUT2D eigenvalue weighted by Crippen LogP contribution is 2.51. The van der Waals surface area contributed by atoms with Gasteiger partial charge in [0, 0.05) is 13.1 Å². The van der Waals surface area contributed by atoms with Crippen molar-refractivity contribution < 1.29 is 10.2 Å². The van der Waals surface area contributed by atoms with Gasteiger partial charge in [0.05, 0.1) is 11.2 Å². The molecule has 0 aromatic rings. The average molecular weight is 200 g/mol. The van der Waals surface area contributed by atoms with E-state index in [1.807, 2.05) is 0 Å². The zero-order valence-electron chi connectivity index (χ0n) is 8.45. The number of hydrogen-bond donors (Lipinski definition) is 4. The minimum absolute atomic E-state index is 0.131. The zero-order chi connectivity index (χ0) is 10.4. The Labute approximate surface area is 84.3 Å². The van der Waals surface area contributed by atoms with Gasteiger partial charge in [-0.1, -0.05) is 0 Å². The molecule has 0 aromatic carbocycles. The van der Waals surface area contributed by atoms with Gasteiger partial charge in [-0.2, -0.15) is 0 Å². The van der Waals surface area contributed by atoms with E-state index in [9.17, 15) is 10.2 Å². The fourth-order valence-corrected chi connectivity index (χ4v) is 3.21. The molecule has 3 aliphatic rings. The molecule has 0 saturated heterocycles. The largest absolute Gasteiger partial charge is 0.388 e. The van der Waals surface area contributed by atoms with Crippen molar-refractivity contribution in [1.82, 2.24) is 0 Å². The molecular formula is C10H20N2O2. The lowest BCUT2D eigenvalue weighted by molar-refractivity contribution is -0.178. The monoisotopic (exact) mass is 200 g/mol. The number of aliphatic hydroxyl groups is 2. The molecule has 4 unspecified atom stereocenters. The van der Waals surface area contributed by atoms with Gasteiger partial charge in [-0.25, -0.2) is 0 Å². The molecule has 4 heteroatoms. The van der Waals surface area contributed by atoms with Gasteiger partial charge in [0.1, 0.15) is 0 Å². The van der Waals surface area contributed by atoms with E-state index in [4.69, 9.17) is 11.5 Å². The van der Waals surface area contributed by atoms with Crippen molar-refractivity contribution in [3.8, 4) is 0 Å². The predicted molar refractivity (Wildman–Crippen MR) is 53.5 cm³/mol. The molecule has 14 heavy (non-hydrogen) atoms. The summed E-state index contributed by atoms with van der Waals surface area (Å²) in [7, 11) is 0. The van der Waals surface area contributed by atoms with Crippen molar-refractivity contribution in [1.29, 1.82) is 0 Å².